The average molecular weight is 261 g/mol. The first-order chi connectivity index (χ1) is 9.13. The van der Waals surface area contributed by atoms with Gasteiger partial charge in [-0.25, -0.2) is 0 Å². The van der Waals surface area contributed by atoms with Gasteiger partial charge in [0.15, 0.2) is 0 Å². The van der Waals surface area contributed by atoms with Gasteiger partial charge in [-0.2, -0.15) is 0 Å². The third-order valence-corrected chi connectivity index (χ3v) is 3.93. The monoisotopic (exact) mass is 261 g/mol. The summed E-state index contributed by atoms with van der Waals surface area (Å²) >= 11 is 0. The second-order valence-electron chi connectivity index (χ2n) is 5.94. The highest BCUT2D eigenvalue weighted by molar-refractivity contribution is 5.36. The Morgan fingerprint density at radius 2 is 1.89 bits per heavy atom. The normalized spacial score (nSPS) is 18.4. The summed E-state index contributed by atoms with van der Waals surface area (Å²) < 4.78 is 5.98. The summed E-state index contributed by atoms with van der Waals surface area (Å²) in [4.78, 5) is 0. The van der Waals surface area contributed by atoms with E-state index in [1.165, 1.54) is 18.4 Å². The van der Waals surface area contributed by atoms with E-state index in [0.717, 1.165) is 18.2 Å². The van der Waals surface area contributed by atoms with Gasteiger partial charge in [-0.05, 0) is 51.1 Å². The summed E-state index contributed by atoms with van der Waals surface area (Å²) in [5.41, 5.74) is 1.32. The van der Waals surface area contributed by atoms with E-state index in [9.17, 15) is 0 Å². The molecule has 0 bridgehead atoms. The van der Waals surface area contributed by atoms with E-state index in [-0.39, 0.29) is 6.10 Å². The number of para-hydroxylation sites is 1. The van der Waals surface area contributed by atoms with Gasteiger partial charge in [0.2, 0.25) is 0 Å². The largest absolute Gasteiger partial charge is 0.491 e. The number of ether oxygens (including phenoxy) is 1. The predicted octanol–water partition coefficient (Wildman–Crippen LogP) is 4.17. The van der Waals surface area contributed by atoms with Gasteiger partial charge in [-0.1, -0.05) is 32.0 Å². The van der Waals surface area contributed by atoms with Crippen LogP contribution < -0.4 is 10.1 Å². The molecule has 1 aliphatic rings. The zero-order valence-electron chi connectivity index (χ0n) is 12.6. The molecule has 1 aliphatic carbocycles. The molecule has 1 fully saturated rings. The zero-order valence-corrected chi connectivity index (χ0v) is 12.6. The average Bonchev–Trinajstić information content (AvgIpc) is 3.20. The van der Waals surface area contributed by atoms with Crippen LogP contribution >= 0.6 is 0 Å². The van der Waals surface area contributed by atoms with E-state index < -0.39 is 0 Å². The molecule has 2 unspecified atom stereocenters. The number of nitrogens with one attached hydrogen (secondary N) is 1. The predicted molar refractivity (Wildman–Crippen MR) is 80.5 cm³/mol. The molecule has 2 heteroatoms. The minimum atomic E-state index is 0.222. The molecular formula is C17H27NO. The lowest BCUT2D eigenvalue weighted by atomic mass is 9.90. The van der Waals surface area contributed by atoms with E-state index in [1.807, 2.05) is 0 Å². The fraction of sp³-hybridized carbons (Fsp3) is 0.647. The Morgan fingerprint density at radius 1 is 1.21 bits per heavy atom. The van der Waals surface area contributed by atoms with Crippen LogP contribution in [0.3, 0.4) is 0 Å². The standard InChI is InChI=1S/C17H27NO/c1-5-18-17(13(4)14-10-11-14)15-8-6-7-9-16(15)19-12(2)3/h6-9,12-14,17-18H,5,10-11H2,1-4H3. The van der Waals surface area contributed by atoms with Crippen molar-refractivity contribution >= 4 is 0 Å². The molecule has 2 rings (SSSR count). The highest BCUT2D eigenvalue weighted by Crippen LogP contribution is 2.44. The van der Waals surface area contributed by atoms with Crippen LogP contribution in [0.4, 0.5) is 0 Å². The highest BCUT2D eigenvalue weighted by atomic mass is 16.5. The first kappa shape index (κ1) is 14.4. The van der Waals surface area contributed by atoms with Crippen LogP contribution in [0, 0.1) is 11.8 Å². The number of rotatable bonds is 7. The Hall–Kier alpha value is -1.02. The topological polar surface area (TPSA) is 21.3 Å². The summed E-state index contributed by atoms with van der Waals surface area (Å²) in [6.07, 6.45) is 2.99. The molecule has 0 saturated heterocycles. The Kier molecular flexibility index (Phi) is 4.87. The lowest BCUT2D eigenvalue weighted by Gasteiger charge is -2.27. The van der Waals surface area contributed by atoms with Crippen molar-refractivity contribution < 1.29 is 4.74 Å². The smallest absolute Gasteiger partial charge is 0.124 e. The number of hydrogen-bond acceptors (Lipinski definition) is 2. The van der Waals surface area contributed by atoms with Gasteiger partial charge >= 0.3 is 0 Å². The van der Waals surface area contributed by atoms with Crippen molar-refractivity contribution in [2.75, 3.05) is 6.54 Å². The minimum Gasteiger partial charge on any atom is -0.491 e. The highest BCUT2D eigenvalue weighted by Gasteiger charge is 2.34. The first-order valence-corrected chi connectivity index (χ1v) is 7.62. The molecule has 0 aliphatic heterocycles. The quantitative estimate of drug-likeness (QED) is 0.795. The molecule has 0 radical (unpaired) electrons. The molecule has 1 aromatic rings. The third-order valence-electron chi connectivity index (χ3n) is 3.93. The summed E-state index contributed by atoms with van der Waals surface area (Å²) in [7, 11) is 0. The van der Waals surface area contributed by atoms with Gasteiger partial charge < -0.3 is 10.1 Å². The fourth-order valence-corrected chi connectivity index (χ4v) is 2.79. The van der Waals surface area contributed by atoms with Gasteiger partial charge in [-0.3, -0.25) is 0 Å². The van der Waals surface area contributed by atoms with Gasteiger partial charge in [0.1, 0.15) is 5.75 Å². The second-order valence-corrected chi connectivity index (χ2v) is 5.94. The van der Waals surface area contributed by atoms with Crippen LogP contribution in [-0.4, -0.2) is 12.6 Å². The van der Waals surface area contributed by atoms with Crippen LogP contribution in [0.5, 0.6) is 5.75 Å². The van der Waals surface area contributed by atoms with E-state index in [0.29, 0.717) is 12.0 Å². The van der Waals surface area contributed by atoms with Gasteiger partial charge in [0.05, 0.1) is 6.10 Å². The molecule has 0 amide bonds. The summed E-state index contributed by atoms with van der Waals surface area (Å²) in [5.74, 6) is 2.60. The lowest BCUT2D eigenvalue weighted by molar-refractivity contribution is 0.233. The van der Waals surface area contributed by atoms with Crippen molar-refractivity contribution in [3.8, 4) is 5.75 Å². The van der Waals surface area contributed by atoms with E-state index in [2.05, 4.69) is 57.3 Å². The fourth-order valence-electron chi connectivity index (χ4n) is 2.79. The lowest BCUT2D eigenvalue weighted by Crippen LogP contribution is -2.28. The summed E-state index contributed by atoms with van der Waals surface area (Å²) in [6, 6.07) is 8.90. The van der Waals surface area contributed by atoms with Gasteiger partial charge in [0, 0.05) is 11.6 Å². The van der Waals surface area contributed by atoms with Crippen LogP contribution in [0.1, 0.15) is 52.1 Å². The van der Waals surface area contributed by atoms with Crippen molar-refractivity contribution in [1.82, 2.24) is 5.32 Å². The van der Waals surface area contributed by atoms with Crippen LogP contribution in [0.25, 0.3) is 0 Å². The molecule has 106 valence electrons. The van der Waals surface area contributed by atoms with Gasteiger partial charge in [0.25, 0.3) is 0 Å². The molecule has 0 spiro atoms. The Morgan fingerprint density at radius 3 is 2.47 bits per heavy atom. The Balaban J connectivity index is 2.24. The minimum absolute atomic E-state index is 0.222. The van der Waals surface area contributed by atoms with Crippen molar-refractivity contribution in [3.63, 3.8) is 0 Å². The van der Waals surface area contributed by atoms with Gasteiger partial charge in [-0.15, -0.1) is 0 Å². The van der Waals surface area contributed by atoms with Crippen molar-refractivity contribution in [2.45, 2.75) is 52.7 Å². The maximum Gasteiger partial charge on any atom is 0.124 e. The summed E-state index contributed by atoms with van der Waals surface area (Å²) in [6.45, 7) is 9.72. The Bertz CT molecular complexity index is 398. The maximum atomic E-state index is 5.98. The van der Waals surface area contributed by atoms with E-state index in [1.54, 1.807) is 0 Å². The molecule has 0 aromatic heterocycles. The molecule has 1 N–H and O–H groups in total. The molecule has 19 heavy (non-hydrogen) atoms. The van der Waals surface area contributed by atoms with Crippen molar-refractivity contribution in [2.24, 2.45) is 11.8 Å². The molecule has 1 saturated carbocycles. The van der Waals surface area contributed by atoms with Crippen molar-refractivity contribution in [1.29, 1.82) is 0 Å². The zero-order chi connectivity index (χ0) is 13.8. The molecule has 1 aromatic carbocycles. The number of benzene rings is 1. The van der Waals surface area contributed by atoms with Crippen LogP contribution in [0.15, 0.2) is 24.3 Å². The van der Waals surface area contributed by atoms with E-state index in [4.69, 9.17) is 4.74 Å². The van der Waals surface area contributed by atoms with Crippen LogP contribution in [0.2, 0.25) is 0 Å². The molecule has 0 heterocycles. The third kappa shape index (κ3) is 3.73. The van der Waals surface area contributed by atoms with Crippen molar-refractivity contribution in [3.05, 3.63) is 29.8 Å². The second kappa shape index (κ2) is 6.42. The van der Waals surface area contributed by atoms with E-state index >= 15 is 0 Å². The maximum absolute atomic E-state index is 5.98. The Labute approximate surface area is 117 Å². The van der Waals surface area contributed by atoms with Crippen LogP contribution in [-0.2, 0) is 0 Å². The molecule has 2 nitrogen and oxygen atoms in total. The molecule has 2 atom stereocenters. The first-order valence-electron chi connectivity index (χ1n) is 7.62. The SMILES string of the molecule is CCNC(c1ccccc1OC(C)C)C(C)C1CC1. The summed E-state index contributed by atoms with van der Waals surface area (Å²) in [5, 5.41) is 3.65. The number of hydrogen-bond donors (Lipinski definition) is 1. The molecular weight excluding hydrogens is 234 g/mol.